The highest BCUT2D eigenvalue weighted by atomic mass is 32.2. The number of hydrogen-bond donors (Lipinski definition) is 1. The Morgan fingerprint density at radius 2 is 1.59 bits per heavy atom. The van der Waals surface area contributed by atoms with Crippen LogP contribution in [0, 0.1) is 0 Å². The third-order valence-electron chi connectivity index (χ3n) is 3.77. The maximum absolute atomic E-state index is 12.8. The first kappa shape index (κ1) is 22.0. The molecule has 0 radical (unpaired) electrons. The van der Waals surface area contributed by atoms with E-state index in [0.29, 0.717) is 5.56 Å². The third kappa shape index (κ3) is 7.00. The van der Waals surface area contributed by atoms with Crippen molar-refractivity contribution in [1.29, 1.82) is 0 Å². The Labute approximate surface area is 172 Å². The average molecular weight is 412 g/mol. The first-order valence-electron chi connectivity index (χ1n) is 8.73. The van der Waals surface area contributed by atoms with E-state index < -0.39 is 23.6 Å². The zero-order chi connectivity index (χ0) is 21.2. The van der Waals surface area contributed by atoms with Crippen LogP contribution < -0.4 is 5.32 Å². The van der Waals surface area contributed by atoms with Crippen LogP contribution in [0.15, 0.2) is 64.6 Å². The topological polar surface area (TPSA) is 102 Å². The van der Waals surface area contributed by atoms with Crippen molar-refractivity contribution in [1.82, 2.24) is 5.32 Å². The Hall–Kier alpha value is -3.26. The number of rotatable bonds is 8. The highest BCUT2D eigenvalue weighted by Gasteiger charge is 2.18. The first-order valence-corrected chi connectivity index (χ1v) is 9.95. The molecule has 2 aromatic carbocycles. The summed E-state index contributed by atoms with van der Waals surface area (Å²) in [6, 6.07) is 15.1. The summed E-state index contributed by atoms with van der Waals surface area (Å²) < 4.78 is 0. The van der Waals surface area contributed by atoms with Crippen LogP contribution in [0.1, 0.15) is 40.5 Å². The second-order valence-corrected chi connectivity index (χ2v) is 6.82. The SMILES string of the molecule is CSc1ccc(C(=O)/C(CCC(=O)NC(C)=O)=N/OC(=O)c2ccccc2)cc1. The van der Waals surface area contributed by atoms with Crippen LogP contribution in [-0.4, -0.2) is 35.5 Å². The van der Waals surface area contributed by atoms with Crippen LogP contribution in [0.2, 0.25) is 0 Å². The summed E-state index contributed by atoms with van der Waals surface area (Å²) >= 11 is 1.53. The minimum atomic E-state index is -0.721. The number of thioether (sulfide) groups is 1. The summed E-state index contributed by atoms with van der Waals surface area (Å²) in [5.41, 5.74) is 0.538. The van der Waals surface area contributed by atoms with E-state index in [1.165, 1.54) is 18.7 Å². The molecule has 0 spiro atoms. The summed E-state index contributed by atoms with van der Waals surface area (Å²) in [4.78, 5) is 53.5. The van der Waals surface area contributed by atoms with Crippen molar-refractivity contribution in [2.24, 2.45) is 5.16 Å². The predicted molar refractivity (Wildman–Crippen MR) is 110 cm³/mol. The molecule has 0 saturated carbocycles. The van der Waals surface area contributed by atoms with Crippen molar-refractivity contribution in [2.45, 2.75) is 24.7 Å². The Morgan fingerprint density at radius 3 is 2.17 bits per heavy atom. The fourth-order valence-electron chi connectivity index (χ4n) is 2.32. The summed E-state index contributed by atoms with van der Waals surface area (Å²) in [7, 11) is 0. The van der Waals surface area contributed by atoms with E-state index in [1.807, 2.05) is 6.26 Å². The maximum Gasteiger partial charge on any atom is 0.365 e. The highest BCUT2D eigenvalue weighted by Crippen LogP contribution is 2.16. The molecule has 7 nitrogen and oxygen atoms in total. The second-order valence-electron chi connectivity index (χ2n) is 5.94. The smallest absolute Gasteiger partial charge is 0.312 e. The molecule has 0 aliphatic carbocycles. The van der Waals surface area contributed by atoms with Crippen LogP contribution >= 0.6 is 11.8 Å². The van der Waals surface area contributed by atoms with Gasteiger partial charge in [0.05, 0.1) is 5.56 Å². The lowest BCUT2D eigenvalue weighted by Crippen LogP contribution is -2.29. The molecule has 8 heteroatoms. The molecule has 29 heavy (non-hydrogen) atoms. The number of hydrogen-bond acceptors (Lipinski definition) is 7. The molecule has 0 aliphatic heterocycles. The van der Waals surface area contributed by atoms with Gasteiger partial charge in [0.15, 0.2) is 0 Å². The Morgan fingerprint density at radius 1 is 0.931 bits per heavy atom. The van der Waals surface area contributed by atoms with E-state index in [9.17, 15) is 19.2 Å². The quantitative estimate of drug-likeness (QED) is 0.235. The first-order chi connectivity index (χ1) is 13.9. The van der Waals surface area contributed by atoms with Gasteiger partial charge >= 0.3 is 5.97 Å². The summed E-state index contributed by atoms with van der Waals surface area (Å²) in [5.74, 6) is -2.23. The van der Waals surface area contributed by atoms with Crippen LogP contribution in [0.25, 0.3) is 0 Å². The summed E-state index contributed by atoms with van der Waals surface area (Å²) in [5, 5.41) is 5.85. The molecule has 2 amide bonds. The van der Waals surface area contributed by atoms with Gasteiger partial charge < -0.3 is 4.84 Å². The zero-order valence-electron chi connectivity index (χ0n) is 16.0. The lowest BCUT2D eigenvalue weighted by Gasteiger charge is -2.07. The van der Waals surface area contributed by atoms with Gasteiger partial charge in [0.25, 0.3) is 0 Å². The van der Waals surface area contributed by atoms with Gasteiger partial charge in [-0.15, -0.1) is 11.8 Å². The van der Waals surface area contributed by atoms with E-state index >= 15 is 0 Å². The number of Topliss-reactive ketones (excluding diaryl/α,β-unsaturated/α-hetero) is 1. The number of carbonyl (C=O) groups excluding carboxylic acids is 4. The minimum Gasteiger partial charge on any atom is -0.312 e. The van der Waals surface area contributed by atoms with Crippen LogP contribution in [0.3, 0.4) is 0 Å². The molecule has 0 saturated heterocycles. The van der Waals surface area contributed by atoms with E-state index in [1.54, 1.807) is 54.6 Å². The minimum absolute atomic E-state index is 0.0927. The lowest BCUT2D eigenvalue weighted by molar-refractivity contribution is -0.129. The van der Waals surface area contributed by atoms with Gasteiger partial charge in [-0.2, -0.15) is 0 Å². The van der Waals surface area contributed by atoms with Gasteiger partial charge in [0.1, 0.15) is 5.71 Å². The van der Waals surface area contributed by atoms with Crippen molar-refractivity contribution in [3.05, 3.63) is 65.7 Å². The van der Waals surface area contributed by atoms with Crippen LogP contribution in [-0.2, 0) is 14.4 Å². The number of benzene rings is 2. The molecule has 1 N–H and O–H groups in total. The fourth-order valence-corrected chi connectivity index (χ4v) is 2.73. The maximum atomic E-state index is 12.8. The van der Waals surface area contributed by atoms with E-state index in [4.69, 9.17) is 4.84 Å². The Kier molecular flexibility index (Phi) is 8.29. The monoisotopic (exact) mass is 412 g/mol. The van der Waals surface area contributed by atoms with Crippen molar-refractivity contribution in [2.75, 3.05) is 6.26 Å². The number of nitrogens with one attached hydrogen (secondary N) is 1. The molecule has 0 heterocycles. The molecule has 2 aromatic rings. The van der Waals surface area contributed by atoms with Gasteiger partial charge in [0.2, 0.25) is 17.6 Å². The highest BCUT2D eigenvalue weighted by molar-refractivity contribution is 7.98. The second kappa shape index (κ2) is 10.9. The molecule has 0 aliphatic rings. The zero-order valence-corrected chi connectivity index (χ0v) is 16.8. The molecule has 2 rings (SSSR count). The Bertz CT molecular complexity index is 924. The van der Waals surface area contributed by atoms with Gasteiger partial charge in [-0.25, -0.2) is 4.79 Å². The van der Waals surface area contributed by atoms with Gasteiger partial charge in [-0.05, 0) is 42.7 Å². The average Bonchev–Trinajstić information content (AvgIpc) is 2.73. The summed E-state index contributed by atoms with van der Waals surface area (Å²) in [6.07, 6.45) is 1.67. The number of nitrogens with zero attached hydrogens (tertiary/aromatic N) is 1. The molecule has 0 aromatic heterocycles. The van der Waals surface area contributed by atoms with Crippen LogP contribution in [0.4, 0.5) is 0 Å². The van der Waals surface area contributed by atoms with E-state index in [0.717, 1.165) is 4.90 Å². The van der Waals surface area contributed by atoms with E-state index in [-0.39, 0.29) is 24.1 Å². The Balaban J connectivity index is 2.18. The molecule has 0 unspecified atom stereocenters. The molecular formula is C21H20N2O5S. The number of oxime groups is 1. The number of ketones is 1. The predicted octanol–water partition coefficient (Wildman–Crippen LogP) is 3.25. The number of carbonyl (C=O) groups is 4. The van der Waals surface area contributed by atoms with Gasteiger partial charge in [-0.1, -0.05) is 23.4 Å². The third-order valence-corrected chi connectivity index (χ3v) is 4.51. The van der Waals surface area contributed by atoms with Crippen LogP contribution in [0.5, 0.6) is 0 Å². The van der Waals surface area contributed by atoms with Gasteiger partial charge in [0, 0.05) is 30.2 Å². The molecule has 0 bridgehead atoms. The van der Waals surface area contributed by atoms with Crippen molar-refractivity contribution in [3.63, 3.8) is 0 Å². The van der Waals surface area contributed by atoms with Crippen molar-refractivity contribution >= 4 is 41.0 Å². The summed E-state index contributed by atoms with van der Waals surface area (Å²) in [6.45, 7) is 1.22. The lowest BCUT2D eigenvalue weighted by atomic mass is 10.0. The normalized spacial score (nSPS) is 10.9. The largest absolute Gasteiger partial charge is 0.365 e. The van der Waals surface area contributed by atoms with Crippen molar-refractivity contribution < 1.29 is 24.0 Å². The van der Waals surface area contributed by atoms with Gasteiger partial charge in [-0.3, -0.25) is 19.7 Å². The van der Waals surface area contributed by atoms with E-state index in [2.05, 4.69) is 10.5 Å². The fraction of sp³-hybridized carbons (Fsp3) is 0.190. The standard InChI is InChI=1S/C21H20N2O5S/c1-14(24)22-19(25)13-12-18(20(26)15-8-10-17(29-2)11-9-15)23-28-21(27)16-6-4-3-5-7-16/h3-11H,12-13H2,1-2H3,(H,22,24,25)/b23-18+. The number of imide groups is 1. The van der Waals surface area contributed by atoms with Crippen molar-refractivity contribution in [3.8, 4) is 0 Å². The molecule has 0 atom stereocenters. The molecule has 150 valence electrons. The molecular weight excluding hydrogens is 392 g/mol. The number of amides is 2. The molecule has 0 fully saturated rings.